The first-order chi connectivity index (χ1) is 16.5. The second-order valence-electron chi connectivity index (χ2n) is 6.90. The number of hydrogen-bond donors (Lipinski definition) is 1. The van der Waals surface area contributed by atoms with E-state index in [0.29, 0.717) is 39.1 Å². The van der Waals surface area contributed by atoms with Gasteiger partial charge in [0.05, 0.1) is 18.9 Å². The van der Waals surface area contributed by atoms with Gasteiger partial charge in [-0.2, -0.15) is 5.10 Å². The summed E-state index contributed by atoms with van der Waals surface area (Å²) in [5, 5.41) is 4.47. The number of hydrazone groups is 1. The highest BCUT2D eigenvalue weighted by Crippen LogP contribution is 2.33. The van der Waals surface area contributed by atoms with E-state index in [1.807, 2.05) is 0 Å². The lowest BCUT2D eigenvalue weighted by Crippen LogP contribution is -2.24. The Hall–Kier alpha value is -4.24. The number of hydrogen-bond acceptors (Lipinski definition) is 8. The second kappa shape index (κ2) is 10.6. The van der Waals surface area contributed by atoms with Gasteiger partial charge in [-0.1, -0.05) is 11.6 Å². The minimum absolute atomic E-state index is 0.112. The molecule has 0 atom stereocenters. The molecule has 0 spiro atoms. The molecule has 1 N–H and O–H groups in total. The van der Waals surface area contributed by atoms with Crippen LogP contribution in [0, 0.1) is 0 Å². The minimum Gasteiger partial charge on any atom is -0.493 e. The summed E-state index contributed by atoms with van der Waals surface area (Å²) < 4.78 is 26.7. The van der Waals surface area contributed by atoms with Crippen molar-refractivity contribution in [3.05, 3.63) is 76.8 Å². The second-order valence-corrected chi connectivity index (χ2v) is 7.34. The van der Waals surface area contributed by atoms with E-state index in [0.717, 1.165) is 0 Å². The Morgan fingerprint density at radius 2 is 1.82 bits per heavy atom. The van der Waals surface area contributed by atoms with Gasteiger partial charge < -0.3 is 23.7 Å². The van der Waals surface area contributed by atoms with E-state index in [2.05, 4.69) is 10.5 Å². The van der Waals surface area contributed by atoms with Gasteiger partial charge in [-0.25, -0.2) is 10.2 Å². The van der Waals surface area contributed by atoms with Crippen LogP contribution in [0.3, 0.4) is 0 Å². The molecular formula is C24H19ClN2O7. The molecule has 0 saturated carbocycles. The van der Waals surface area contributed by atoms with Crippen molar-refractivity contribution in [1.82, 2.24) is 5.43 Å². The van der Waals surface area contributed by atoms with Crippen molar-refractivity contribution in [2.24, 2.45) is 5.10 Å². The maximum atomic E-state index is 12.5. The fourth-order valence-electron chi connectivity index (χ4n) is 2.92. The number of ether oxygens (including phenoxy) is 5. The first-order valence-electron chi connectivity index (χ1n) is 10.0. The molecule has 174 valence electrons. The molecule has 0 aliphatic carbocycles. The third kappa shape index (κ3) is 5.76. The molecule has 1 heterocycles. The molecule has 0 radical (unpaired) electrons. The fourth-order valence-corrected chi connectivity index (χ4v) is 3.05. The molecule has 1 amide bonds. The summed E-state index contributed by atoms with van der Waals surface area (Å²) in [6, 6.07) is 16.3. The molecule has 0 fully saturated rings. The van der Waals surface area contributed by atoms with Crippen LogP contribution >= 0.6 is 11.6 Å². The van der Waals surface area contributed by atoms with Crippen LogP contribution in [0.15, 0.2) is 65.8 Å². The molecule has 0 saturated heterocycles. The molecule has 3 aromatic carbocycles. The summed E-state index contributed by atoms with van der Waals surface area (Å²) in [4.78, 5) is 24.4. The van der Waals surface area contributed by atoms with Gasteiger partial charge in [-0.3, -0.25) is 4.79 Å². The Morgan fingerprint density at radius 3 is 2.62 bits per heavy atom. The Bertz CT molecular complexity index is 1230. The number of halogens is 1. The minimum atomic E-state index is -0.578. The van der Waals surface area contributed by atoms with E-state index in [9.17, 15) is 9.59 Å². The van der Waals surface area contributed by atoms with Gasteiger partial charge in [0.1, 0.15) is 5.75 Å². The number of amides is 1. The van der Waals surface area contributed by atoms with Gasteiger partial charge in [0.15, 0.2) is 29.6 Å². The van der Waals surface area contributed by atoms with E-state index in [1.165, 1.54) is 13.3 Å². The zero-order valence-corrected chi connectivity index (χ0v) is 18.7. The highest BCUT2D eigenvalue weighted by atomic mass is 35.5. The summed E-state index contributed by atoms with van der Waals surface area (Å²) in [6.45, 7) is -0.0997. The fraction of sp³-hybridized carbons (Fsp3) is 0.125. The number of nitrogens with zero attached hydrogens (tertiary/aromatic N) is 1. The first kappa shape index (κ1) is 22.9. The summed E-state index contributed by atoms with van der Waals surface area (Å²) in [5.41, 5.74) is 3.29. The number of benzene rings is 3. The van der Waals surface area contributed by atoms with Gasteiger partial charge in [-0.15, -0.1) is 0 Å². The van der Waals surface area contributed by atoms with Crippen molar-refractivity contribution >= 4 is 29.7 Å². The van der Waals surface area contributed by atoms with Gasteiger partial charge >= 0.3 is 5.97 Å². The van der Waals surface area contributed by atoms with Crippen LogP contribution in [0.5, 0.6) is 28.7 Å². The summed E-state index contributed by atoms with van der Waals surface area (Å²) >= 11 is 5.81. The number of fused-ring (bicyclic) bond motifs is 1. The molecule has 0 unspecified atom stereocenters. The van der Waals surface area contributed by atoms with Crippen molar-refractivity contribution < 1.29 is 33.3 Å². The molecule has 0 aromatic heterocycles. The number of carbonyl (C=O) groups is 2. The summed E-state index contributed by atoms with van der Waals surface area (Å²) in [6.07, 6.45) is 1.42. The van der Waals surface area contributed by atoms with E-state index < -0.39 is 11.9 Å². The zero-order valence-electron chi connectivity index (χ0n) is 17.9. The highest BCUT2D eigenvalue weighted by molar-refractivity contribution is 6.30. The van der Waals surface area contributed by atoms with Crippen molar-refractivity contribution in [3.8, 4) is 28.7 Å². The van der Waals surface area contributed by atoms with Crippen LogP contribution in [-0.4, -0.2) is 38.6 Å². The molecule has 9 nitrogen and oxygen atoms in total. The molecular weight excluding hydrogens is 464 g/mol. The average Bonchev–Trinajstić information content (AvgIpc) is 3.32. The Balaban J connectivity index is 1.33. The van der Waals surface area contributed by atoms with Crippen molar-refractivity contribution in [2.75, 3.05) is 20.5 Å². The Labute approximate surface area is 199 Å². The first-order valence-corrected chi connectivity index (χ1v) is 10.4. The quantitative estimate of drug-likeness (QED) is 0.225. The van der Waals surface area contributed by atoms with E-state index in [1.54, 1.807) is 60.7 Å². The van der Waals surface area contributed by atoms with Crippen LogP contribution in [0.2, 0.25) is 5.02 Å². The SMILES string of the molecule is COc1cc(/C=N/NC(=O)COc2ccc(Cl)cc2)ccc1OC(=O)c1ccc2c(c1)OCO2. The number of nitrogens with one attached hydrogen (secondary N) is 1. The van der Waals surface area contributed by atoms with E-state index >= 15 is 0 Å². The van der Waals surface area contributed by atoms with Crippen LogP contribution in [-0.2, 0) is 4.79 Å². The van der Waals surface area contributed by atoms with Gasteiger partial charge in [0, 0.05) is 5.02 Å². The van der Waals surface area contributed by atoms with E-state index in [-0.39, 0.29) is 19.1 Å². The normalized spacial score (nSPS) is 11.8. The number of methoxy groups -OCH3 is 1. The maximum absolute atomic E-state index is 12.5. The molecule has 0 bridgehead atoms. The number of rotatable bonds is 8. The van der Waals surface area contributed by atoms with Crippen LogP contribution in [0.1, 0.15) is 15.9 Å². The zero-order chi connectivity index (χ0) is 23.9. The lowest BCUT2D eigenvalue weighted by molar-refractivity contribution is -0.123. The smallest absolute Gasteiger partial charge is 0.343 e. The lowest BCUT2D eigenvalue weighted by Gasteiger charge is -2.10. The summed E-state index contributed by atoms with van der Waals surface area (Å²) in [5.74, 6) is 1.09. The Morgan fingerprint density at radius 1 is 1.03 bits per heavy atom. The van der Waals surface area contributed by atoms with Crippen molar-refractivity contribution in [3.63, 3.8) is 0 Å². The third-order valence-corrected chi connectivity index (χ3v) is 4.84. The monoisotopic (exact) mass is 482 g/mol. The van der Waals surface area contributed by atoms with Gasteiger partial charge in [0.25, 0.3) is 5.91 Å². The van der Waals surface area contributed by atoms with Crippen LogP contribution < -0.4 is 29.1 Å². The molecule has 34 heavy (non-hydrogen) atoms. The molecule has 4 rings (SSSR count). The van der Waals surface area contributed by atoms with Crippen molar-refractivity contribution in [1.29, 1.82) is 0 Å². The van der Waals surface area contributed by atoms with Crippen LogP contribution in [0.4, 0.5) is 0 Å². The highest BCUT2D eigenvalue weighted by Gasteiger charge is 2.18. The molecule has 10 heteroatoms. The molecule has 1 aliphatic rings. The van der Waals surface area contributed by atoms with Crippen LogP contribution in [0.25, 0.3) is 0 Å². The topological polar surface area (TPSA) is 105 Å². The molecule has 1 aliphatic heterocycles. The Kier molecular flexibility index (Phi) is 7.14. The molecule has 3 aromatic rings. The lowest BCUT2D eigenvalue weighted by atomic mass is 10.2. The standard InChI is InChI=1S/C24H19ClN2O7/c1-30-21-10-15(12-26-27-23(28)13-31-18-6-4-17(25)5-7-18)2-8-20(21)34-24(29)16-3-9-19-22(11-16)33-14-32-19/h2-12H,13-14H2,1H3,(H,27,28)/b26-12+. The third-order valence-electron chi connectivity index (χ3n) is 4.59. The number of esters is 1. The largest absolute Gasteiger partial charge is 0.493 e. The predicted octanol–water partition coefficient (Wildman–Crippen LogP) is 3.83. The van der Waals surface area contributed by atoms with Crippen molar-refractivity contribution in [2.45, 2.75) is 0 Å². The van der Waals surface area contributed by atoms with Gasteiger partial charge in [-0.05, 0) is 66.2 Å². The predicted molar refractivity (Wildman–Crippen MR) is 123 cm³/mol. The average molecular weight is 483 g/mol. The van der Waals surface area contributed by atoms with Gasteiger partial charge in [0.2, 0.25) is 6.79 Å². The number of carbonyl (C=O) groups excluding carboxylic acids is 2. The summed E-state index contributed by atoms with van der Waals surface area (Å²) in [7, 11) is 1.45. The van der Waals surface area contributed by atoms with E-state index in [4.69, 9.17) is 35.3 Å². The maximum Gasteiger partial charge on any atom is 0.343 e.